The van der Waals surface area contributed by atoms with E-state index in [1.165, 1.54) is 25.1 Å². The van der Waals surface area contributed by atoms with Crippen LogP contribution in [0.5, 0.6) is 0 Å². The minimum absolute atomic E-state index is 0.0624. The van der Waals surface area contributed by atoms with Crippen molar-refractivity contribution < 1.29 is 17.6 Å². The van der Waals surface area contributed by atoms with E-state index >= 15 is 0 Å². The van der Waals surface area contributed by atoms with Crippen molar-refractivity contribution in [2.75, 3.05) is 11.3 Å². The number of halogens is 1. The lowest BCUT2D eigenvalue weighted by Gasteiger charge is -2.13. The van der Waals surface area contributed by atoms with Crippen molar-refractivity contribution in [1.82, 2.24) is 5.32 Å². The zero-order valence-corrected chi connectivity index (χ0v) is 15.0. The second-order valence-electron chi connectivity index (χ2n) is 5.67. The zero-order valence-electron chi connectivity index (χ0n) is 14.2. The molecule has 0 heterocycles. The van der Waals surface area contributed by atoms with E-state index in [1.807, 2.05) is 6.92 Å². The first kappa shape index (κ1) is 18.9. The quantitative estimate of drug-likeness (QED) is 0.739. The van der Waals surface area contributed by atoms with Gasteiger partial charge in [-0.2, -0.15) is 0 Å². The molecule has 0 bridgehead atoms. The first-order valence-electron chi connectivity index (χ1n) is 8.01. The summed E-state index contributed by atoms with van der Waals surface area (Å²) in [6.07, 6.45) is 1.78. The van der Waals surface area contributed by atoms with E-state index in [9.17, 15) is 17.6 Å². The number of sulfonamides is 1. The molecule has 0 spiro atoms. The smallest absolute Gasteiger partial charge is 0.261 e. The fourth-order valence-corrected chi connectivity index (χ4v) is 3.40. The number of nitrogens with one attached hydrogen (secondary N) is 2. The van der Waals surface area contributed by atoms with Crippen molar-refractivity contribution >= 4 is 21.6 Å². The first-order valence-corrected chi connectivity index (χ1v) is 9.49. The molecule has 2 aromatic carbocycles. The van der Waals surface area contributed by atoms with Crippen molar-refractivity contribution in [3.8, 4) is 0 Å². The summed E-state index contributed by atoms with van der Waals surface area (Å²) < 4.78 is 40.8. The number of unbranched alkanes of at least 4 members (excludes halogenated alkanes) is 1. The summed E-state index contributed by atoms with van der Waals surface area (Å²) in [5.74, 6) is -0.823. The second kappa shape index (κ2) is 8.11. The number of hydrogen-bond acceptors (Lipinski definition) is 3. The highest BCUT2D eigenvalue weighted by atomic mass is 32.2. The predicted molar refractivity (Wildman–Crippen MR) is 95.6 cm³/mol. The number of carbonyl (C=O) groups is 1. The second-order valence-corrected chi connectivity index (χ2v) is 7.35. The van der Waals surface area contributed by atoms with Gasteiger partial charge in [0.05, 0.1) is 16.1 Å². The van der Waals surface area contributed by atoms with Gasteiger partial charge in [-0.3, -0.25) is 9.52 Å². The van der Waals surface area contributed by atoms with Crippen LogP contribution in [0, 0.1) is 12.7 Å². The third kappa shape index (κ3) is 4.79. The van der Waals surface area contributed by atoms with Gasteiger partial charge in [0.1, 0.15) is 5.82 Å². The first-order chi connectivity index (χ1) is 11.8. The summed E-state index contributed by atoms with van der Waals surface area (Å²) in [4.78, 5) is 12.2. The Bertz CT molecular complexity index is 866. The van der Waals surface area contributed by atoms with Crippen molar-refractivity contribution in [1.29, 1.82) is 0 Å². The third-order valence-electron chi connectivity index (χ3n) is 3.67. The Balaban J connectivity index is 2.27. The maximum atomic E-state index is 13.4. The topological polar surface area (TPSA) is 75.3 Å². The van der Waals surface area contributed by atoms with Crippen molar-refractivity contribution in [3.05, 3.63) is 59.4 Å². The number of benzene rings is 2. The van der Waals surface area contributed by atoms with Gasteiger partial charge in [-0.1, -0.05) is 25.5 Å². The lowest BCUT2D eigenvalue weighted by molar-refractivity contribution is 0.0954. The molecule has 0 atom stereocenters. The van der Waals surface area contributed by atoms with Crippen LogP contribution >= 0.6 is 0 Å². The van der Waals surface area contributed by atoms with Crippen LogP contribution in [-0.4, -0.2) is 20.9 Å². The minimum atomic E-state index is -3.93. The molecule has 0 aliphatic heterocycles. The van der Waals surface area contributed by atoms with Gasteiger partial charge in [-0.05, 0) is 49.2 Å². The standard InChI is InChI=1S/C18H21FN2O3S/c1-3-4-11-20-18(22)15-7-5-6-8-17(15)21-25(23,24)14-9-10-16(19)13(2)12-14/h5-10,12,21H,3-4,11H2,1-2H3,(H,20,22). The van der Waals surface area contributed by atoms with Crippen LogP contribution in [0.2, 0.25) is 0 Å². The molecule has 0 unspecified atom stereocenters. The molecule has 1 amide bonds. The molecule has 2 rings (SSSR count). The number of carbonyl (C=O) groups excluding carboxylic acids is 1. The van der Waals surface area contributed by atoms with Gasteiger partial charge in [0.15, 0.2) is 0 Å². The molecule has 0 saturated heterocycles. The lowest BCUT2D eigenvalue weighted by Crippen LogP contribution is -2.26. The number of anilines is 1. The Hall–Kier alpha value is -2.41. The Morgan fingerprint density at radius 2 is 1.88 bits per heavy atom. The molecule has 0 aliphatic rings. The predicted octanol–water partition coefficient (Wildman–Crippen LogP) is 3.46. The summed E-state index contributed by atoms with van der Waals surface area (Å²) in [5, 5.41) is 2.76. The molecule has 0 aromatic heterocycles. The molecule has 0 saturated carbocycles. The van der Waals surface area contributed by atoms with Gasteiger partial charge in [0.25, 0.3) is 15.9 Å². The highest BCUT2D eigenvalue weighted by molar-refractivity contribution is 7.92. The van der Waals surface area contributed by atoms with E-state index in [-0.39, 0.29) is 27.6 Å². The largest absolute Gasteiger partial charge is 0.352 e. The number of hydrogen-bond donors (Lipinski definition) is 2. The minimum Gasteiger partial charge on any atom is -0.352 e. The van der Waals surface area contributed by atoms with E-state index < -0.39 is 15.8 Å². The molecule has 0 aliphatic carbocycles. The molecule has 0 fully saturated rings. The molecular formula is C18H21FN2O3S. The summed E-state index contributed by atoms with van der Waals surface area (Å²) in [6, 6.07) is 9.91. The summed E-state index contributed by atoms with van der Waals surface area (Å²) in [7, 11) is -3.93. The average molecular weight is 364 g/mol. The van der Waals surface area contributed by atoms with E-state index in [1.54, 1.807) is 18.2 Å². The zero-order chi connectivity index (χ0) is 18.4. The number of amides is 1. The van der Waals surface area contributed by atoms with Crippen LogP contribution in [-0.2, 0) is 10.0 Å². The molecule has 5 nitrogen and oxygen atoms in total. The van der Waals surface area contributed by atoms with Crippen LogP contribution < -0.4 is 10.0 Å². The number of aryl methyl sites for hydroxylation is 1. The Morgan fingerprint density at radius 3 is 2.56 bits per heavy atom. The van der Waals surface area contributed by atoms with Gasteiger partial charge in [0.2, 0.25) is 0 Å². The van der Waals surface area contributed by atoms with E-state index in [0.717, 1.165) is 18.9 Å². The molecule has 2 N–H and O–H groups in total. The van der Waals surface area contributed by atoms with Crippen molar-refractivity contribution in [2.24, 2.45) is 0 Å². The fraction of sp³-hybridized carbons (Fsp3) is 0.278. The van der Waals surface area contributed by atoms with E-state index in [4.69, 9.17) is 0 Å². The van der Waals surface area contributed by atoms with Gasteiger partial charge in [-0.15, -0.1) is 0 Å². The van der Waals surface area contributed by atoms with Gasteiger partial charge in [0, 0.05) is 6.54 Å². The van der Waals surface area contributed by atoms with Gasteiger partial charge >= 0.3 is 0 Å². The maximum absolute atomic E-state index is 13.4. The van der Waals surface area contributed by atoms with Crippen LogP contribution in [0.25, 0.3) is 0 Å². The van der Waals surface area contributed by atoms with Crippen LogP contribution in [0.4, 0.5) is 10.1 Å². The molecule has 25 heavy (non-hydrogen) atoms. The molecule has 7 heteroatoms. The normalized spacial score (nSPS) is 11.2. The lowest BCUT2D eigenvalue weighted by atomic mass is 10.1. The highest BCUT2D eigenvalue weighted by Crippen LogP contribution is 2.21. The molecule has 134 valence electrons. The van der Waals surface area contributed by atoms with Crippen molar-refractivity contribution in [3.63, 3.8) is 0 Å². The van der Waals surface area contributed by atoms with Crippen LogP contribution in [0.3, 0.4) is 0 Å². The Labute approximate surface area is 147 Å². The van der Waals surface area contributed by atoms with Gasteiger partial charge < -0.3 is 5.32 Å². The monoisotopic (exact) mass is 364 g/mol. The number of para-hydroxylation sites is 1. The maximum Gasteiger partial charge on any atom is 0.261 e. The number of rotatable bonds is 7. The molecule has 2 aromatic rings. The summed E-state index contributed by atoms with van der Waals surface area (Å²) in [5.41, 5.74) is 0.646. The summed E-state index contributed by atoms with van der Waals surface area (Å²) in [6.45, 7) is 4.02. The molecular weight excluding hydrogens is 343 g/mol. The van der Waals surface area contributed by atoms with Crippen LogP contribution in [0.1, 0.15) is 35.7 Å². The molecule has 0 radical (unpaired) electrons. The third-order valence-corrected chi connectivity index (χ3v) is 5.03. The Kier molecular flexibility index (Phi) is 6.14. The highest BCUT2D eigenvalue weighted by Gasteiger charge is 2.19. The summed E-state index contributed by atoms with van der Waals surface area (Å²) >= 11 is 0. The van der Waals surface area contributed by atoms with E-state index in [2.05, 4.69) is 10.0 Å². The fourth-order valence-electron chi connectivity index (χ4n) is 2.23. The van der Waals surface area contributed by atoms with Crippen molar-refractivity contribution in [2.45, 2.75) is 31.6 Å². The average Bonchev–Trinajstić information content (AvgIpc) is 2.57. The van der Waals surface area contributed by atoms with Crippen LogP contribution in [0.15, 0.2) is 47.4 Å². The van der Waals surface area contributed by atoms with Gasteiger partial charge in [-0.25, -0.2) is 12.8 Å². The van der Waals surface area contributed by atoms with E-state index in [0.29, 0.717) is 6.54 Å². The Morgan fingerprint density at radius 1 is 1.16 bits per heavy atom. The SMILES string of the molecule is CCCCNC(=O)c1ccccc1NS(=O)(=O)c1ccc(F)c(C)c1.